The van der Waals surface area contributed by atoms with Crippen LogP contribution in [0.5, 0.6) is 0 Å². The van der Waals surface area contributed by atoms with Crippen molar-refractivity contribution in [1.29, 1.82) is 0 Å². The van der Waals surface area contributed by atoms with Gasteiger partial charge in [-0.2, -0.15) is 0 Å². The second-order valence-corrected chi connectivity index (χ2v) is 3.69. The van der Waals surface area contributed by atoms with Gasteiger partial charge in [0, 0.05) is 0 Å². The molecule has 1 aliphatic carbocycles. The van der Waals surface area contributed by atoms with Crippen LogP contribution in [0.1, 0.15) is 28.8 Å². The molecule has 78 valence electrons. The molecule has 1 fully saturated rings. The second-order valence-electron chi connectivity index (χ2n) is 3.69. The maximum absolute atomic E-state index is 11.2. The first-order valence-electron chi connectivity index (χ1n) is 4.75. The van der Waals surface area contributed by atoms with Gasteiger partial charge in [0.1, 0.15) is 5.54 Å². The molecule has 0 aromatic heterocycles. The fourth-order valence-corrected chi connectivity index (χ4v) is 1.59. The van der Waals surface area contributed by atoms with E-state index in [2.05, 4.69) is 9.91 Å². The van der Waals surface area contributed by atoms with E-state index in [1.807, 2.05) is 0 Å². The molecule has 0 amide bonds. The van der Waals surface area contributed by atoms with Crippen LogP contribution in [0.4, 0.5) is 0 Å². The molecule has 0 aliphatic heterocycles. The summed E-state index contributed by atoms with van der Waals surface area (Å²) in [7, 11) is 1.34. The summed E-state index contributed by atoms with van der Waals surface area (Å²) in [4.78, 5) is 21.8. The van der Waals surface area contributed by atoms with Gasteiger partial charge in [-0.3, -0.25) is 0 Å². The molecule has 4 nitrogen and oxygen atoms in total. The van der Waals surface area contributed by atoms with Crippen molar-refractivity contribution < 1.29 is 9.53 Å². The van der Waals surface area contributed by atoms with Crippen LogP contribution in [-0.4, -0.2) is 13.1 Å². The number of hydrogen-bond acceptors (Lipinski definition) is 4. The van der Waals surface area contributed by atoms with Gasteiger partial charge in [0.15, 0.2) is 0 Å². The molecule has 2 rings (SSSR count). The maximum atomic E-state index is 11.2. The summed E-state index contributed by atoms with van der Waals surface area (Å²) in [6, 6.07) is 6.85. The highest BCUT2D eigenvalue weighted by molar-refractivity contribution is 5.89. The van der Waals surface area contributed by atoms with Crippen LogP contribution in [0.3, 0.4) is 0 Å². The number of ether oxygens (including phenoxy) is 1. The Morgan fingerprint density at radius 2 is 1.93 bits per heavy atom. The Kier molecular flexibility index (Phi) is 2.26. The van der Waals surface area contributed by atoms with Crippen LogP contribution in [0.2, 0.25) is 0 Å². The van der Waals surface area contributed by atoms with Gasteiger partial charge in [-0.25, -0.2) is 4.79 Å². The van der Waals surface area contributed by atoms with E-state index in [0.717, 1.165) is 18.4 Å². The van der Waals surface area contributed by atoms with E-state index in [1.54, 1.807) is 24.3 Å². The Labute approximate surface area is 87.2 Å². The predicted molar refractivity (Wildman–Crippen MR) is 54.5 cm³/mol. The van der Waals surface area contributed by atoms with Crippen LogP contribution in [0.25, 0.3) is 0 Å². The predicted octanol–water partition coefficient (Wildman–Crippen LogP) is 2.23. The van der Waals surface area contributed by atoms with Crippen LogP contribution in [0, 0.1) is 4.91 Å². The molecule has 1 aromatic carbocycles. The molecule has 0 N–H and O–H groups in total. The monoisotopic (exact) mass is 205 g/mol. The summed E-state index contributed by atoms with van der Waals surface area (Å²) < 4.78 is 4.58. The van der Waals surface area contributed by atoms with Crippen LogP contribution in [0.15, 0.2) is 29.4 Å². The zero-order valence-electron chi connectivity index (χ0n) is 8.40. The van der Waals surface area contributed by atoms with Gasteiger partial charge >= 0.3 is 5.97 Å². The highest BCUT2D eigenvalue weighted by Crippen LogP contribution is 2.49. The molecular weight excluding hydrogens is 194 g/mol. The van der Waals surface area contributed by atoms with Crippen molar-refractivity contribution in [1.82, 2.24) is 0 Å². The van der Waals surface area contributed by atoms with E-state index in [4.69, 9.17) is 0 Å². The summed E-state index contributed by atoms with van der Waals surface area (Å²) in [5.74, 6) is -0.370. The SMILES string of the molecule is COC(=O)c1ccc(C2(N=O)CC2)cc1. The van der Waals surface area contributed by atoms with Crippen molar-refractivity contribution in [3.05, 3.63) is 40.3 Å². The van der Waals surface area contributed by atoms with E-state index in [9.17, 15) is 9.70 Å². The Balaban J connectivity index is 2.25. The molecule has 0 unspecified atom stereocenters. The van der Waals surface area contributed by atoms with Crippen molar-refractivity contribution in [3.63, 3.8) is 0 Å². The van der Waals surface area contributed by atoms with Gasteiger partial charge < -0.3 is 4.74 Å². The van der Waals surface area contributed by atoms with Gasteiger partial charge in [-0.1, -0.05) is 17.3 Å². The van der Waals surface area contributed by atoms with Crippen LogP contribution < -0.4 is 0 Å². The number of carbonyl (C=O) groups is 1. The number of hydrogen-bond donors (Lipinski definition) is 0. The molecule has 0 heterocycles. The van der Waals surface area contributed by atoms with E-state index < -0.39 is 5.54 Å². The van der Waals surface area contributed by atoms with E-state index >= 15 is 0 Å². The second kappa shape index (κ2) is 3.46. The molecule has 0 spiro atoms. The molecular formula is C11H11NO3. The first-order valence-corrected chi connectivity index (χ1v) is 4.75. The quantitative estimate of drug-likeness (QED) is 0.561. The molecule has 1 aliphatic rings. The lowest BCUT2D eigenvalue weighted by molar-refractivity contribution is 0.0600. The molecule has 0 atom stereocenters. The van der Waals surface area contributed by atoms with Gasteiger partial charge in [0.2, 0.25) is 0 Å². The average molecular weight is 205 g/mol. The minimum absolute atomic E-state index is 0.370. The molecule has 15 heavy (non-hydrogen) atoms. The van der Waals surface area contributed by atoms with Gasteiger partial charge in [-0.05, 0) is 30.5 Å². The van der Waals surface area contributed by atoms with E-state index in [1.165, 1.54) is 7.11 Å². The lowest BCUT2D eigenvalue weighted by atomic mass is 10.0. The van der Waals surface area contributed by atoms with Gasteiger partial charge in [0.05, 0.1) is 12.7 Å². The Morgan fingerprint density at radius 1 is 1.33 bits per heavy atom. The number of nitrogens with zero attached hydrogens (tertiary/aromatic N) is 1. The van der Waals surface area contributed by atoms with Gasteiger partial charge in [-0.15, -0.1) is 4.91 Å². The van der Waals surface area contributed by atoms with Crippen LogP contribution in [-0.2, 0) is 10.3 Å². The lowest BCUT2D eigenvalue weighted by Gasteiger charge is -2.06. The number of rotatable bonds is 3. The Bertz CT molecular complexity index is 393. The van der Waals surface area contributed by atoms with Crippen molar-refractivity contribution in [2.24, 2.45) is 5.18 Å². The van der Waals surface area contributed by atoms with Gasteiger partial charge in [0.25, 0.3) is 0 Å². The third kappa shape index (κ3) is 1.63. The molecule has 0 saturated heterocycles. The first-order chi connectivity index (χ1) is 7.22. The molecule has 4 heteroatoms. The molecule has 1 aromatic rings. The molecule has 0 radical (unpaired) electrons. The third-order valence-electron chi connectivity index (χ3n) is 2.74. The smallest absolute Gasteiger partial charge is 0.337 e. The first kappa shape index (κ1) is 9.83. The zero-order valence-corrected chi connectivity index (χ0v) is 8.40. The number of nitroso groups, excluding NO2 is 1. The largest absolute Gasteiger partial charge is 0.465 e. The maximum Gasteiger partial charge on any atom is 0.337 e. The Hall–Kier alpha value is -1.71. The minimum atomic E-state index is -0.519. The van der Waals surface area contributed by atoms with Crippen molar-refractivity contribution in [2.45, 2.75) is 18.4 Å². The molecule has 1 saturated carbocycles. The summed E-state index contributed by atoms with van der Waals surface area (Å²) >= 11 is 0. The zero-order chi connectivity index (χ0) is 10.9. The van der Waals surface area contributed by atoms with E-state index in [-0.39, 0.29) is 5.97 Å². The molecule has 0 bridgehead atoms. The standard InChI is InChI=1S/C11H11NO3/c1-15-10(13)8-2-4-9(5-3-8)11(12-14)6-7-11/h2-5H,6-7H2,1H3. The summed E-state index contributed by atoms with van der Waals surface area (Å²) in [5.41, 5.74) is 0.849. The third-order valence-corrected chi connectivity index (χ3v) is 2.74. The topological polar surface area (TPSA) is 55.7 Å². The fourth-order valence-electron chi connectivity index (χ4n) is 1.59. The Morgan fingerprint density at radius 3 is 2.33 bits per heavy atom. The number of methoxy groups -OCH3 is 1. The highest BCUT2D eigenvalue weighted by Gasteiger charge is 2.46. The normalized spacial score (nSPS) is 16.9. The van der Waals surface area contributed by atoms with Crippen molar-refractivity contribution >= 4 is 5.97 Å². The van der Waals surface area contributed by atoms with Crippen molar-refractivity contribution in [2.75, 3.05) is 7.11 Å². The minimum Gasteiger partial charge on any atom is -0.465 e. The summed E-state index contributed by atoms with van der Waals surface area (Å²) in [6.07, 6.45) is 1.60. The highest BCUT2D eigenvalue weighted by atomic mass is 16.5. The fraction of sp³-hybridized carbons (Fsp3) is 0.364. The number of esters is 1. The summed E-state index contributed by atoms with van der Waals surface area (Å²) in [6.45, 7) is 0. The van der Waals surface area contributed by atoms with E-state index in [0.29, 0.717) is 5.56 Å². The lowest BCUT2D eigenvalue weighted by Crippen LogP contribution is -2.04. The van der Waals surface area contributed by atoms with Crippen molar-refractivity contribution in [3.8, 4) is 0 Å². The summed E-state index contributed by atoms with van der Waals surface area (Å²) in [5, 5.41) is 3.13. The number of carbonyl (C=O) groups excluding carboxylic acids is 1. The average Bonchev–Trinajstić information content (AvgIpc) is 3.09. The van der Waals surface area contributed by atoms with Crippen LogP contribution >= 0.6 is 0 Å². The number of benzene rings is 1.